The summed E-state index contributed by atoms with van der Waals surface area (Å²) in [4.78, 5) is 0. The van der Waals surface area contributed by atoms with Crippen LogP contribution in [0, 0.1) is 17.8 Å². The third-order valence-corrected chi connectivity index (χ3v) is 4.59. The molecule has 4 atom stereocenters. The van der Waals surface area contributed by atoms with Gasteiger partial charge in [-0.25, -0.2) is 0 Å². The molecule has 2 aliphatic carbocycles. The van der Waals surface area contributed by atoms with Gasteiger partial charge in [-0.3, -0.25) is 0 Å². The molecule has 0 heterocycles. The first-order chi connectivity index (χ1) is 8.74. The molecule has 1 saturated carbocycles. The maximum atomic E-state index is 5.97. The molecule has 2 rings (SSSR count). The third-order valence-electron chi connectivity index (χ3n) is 4.59. The van der Waals surface area contributed by atoms with Gasteiger partial charge in [-0.1, -0.05) is 51.0 Å². The highest BCUT2D eigenvalue weighted by atomic mass is 16.5. The maximum absolute atomic E-state index is 5.97. The Bertz CT molecular complexity index is 316. The molecular weight excluding hydrogens is 220 g/mol. The SMILES string of the molecule is CCCCOC1C(C)C1CC(C)C1=CC=CCC1. The van der Waals surface area contributed by atoms with Crippen molar-refractivity contribution < 1.29 is 4.74 Å². The average Bonchev–Trinajstić information content (AvgIpc) is 3.00. The molecule has 18 heavy (non-hydrogen) atoms. The van der Waals surface area contributed by atoms with Gasteiger partial charge in [-0.05, 0) is 43.4 Å². The van der Waals surface area contributed by atoms with E-state index in [9.17, 15) is 0 Å². The Balaban J connectivity index is 1.73. The molecule has 1 nitrogen and oxygen atoms in total. The van der Waals surface area contributed by atoms with E-state index in [1.54, 1.807) is 5.57 Å². The lowest BCUT2D eigenvalue weighted by Gasteiger charge is -2.17. The van der Waals surface area contributed by atoms with Gasteiger partial charge in [0.15, 0.2) is 0 Å². The molecule has 0 radical (unpaired) electrons. The zero-order valence-corrected chi connectivity index (χ0v) is 12.2. The van der Waals surface area contributed by atoms with E-state index in [4.69, 9.17) is 4.74 Å². The monoisotopic (exact) mass is 248 g/mol. The van der Waals surface area contributed by atoms with Crippen LogP contribution in [0.3, 0.4) is 0 Å². The second kappa shape index (κ2) is 6.56. The molecule has 0 aromatic rings. The van der Waals surface area contributed by atoms with Crippen LogP contribution < -0.4 is 0 Å². The summed E-state index contributed by atoms with van der Waals surface area (Å²) in [6.45, 7) is 7.92. The van der Waals surface area contributed by atoms with Crippen molar-refractivity contribution in [3.05, 3.63) is 23.8 Å². The molecule has 0 saturated heterocycles. The number of unbranched alkanes of at least 4 members (excludes halogenated alkanes) is 1. The zero-order valence-electron chi connectivity index (χ0n) is 12.2. The van der Waals surface area contributed by atoms with E-state index < -0.39 is 0 Å². The minimum absolute atomic E-state index is 0.554. The van der Waals surface area contributed by atoms with Crippen molar-refractivity contribution in [2.45, 2.75) is 59.0 Å². The van der Waals surface area contributed by atoms with Gasteiger partial charge in [0.05, 0.1) is 6.10 Å². The van der Waals surface area contributed by atoms with Crippen LogP contribution in [0.15, 0.2) is 23.8 Å². The zero-order chi connectivity index (χ0) is 13.0. The van der Waals surface area contributed by atoms with Gasteiger partial charge in [0, 0.05) is 6.61 Å². The van der Waals surface area contributed by atoms with Crippen LogP contribution in [0.25, 0.3) is 0 Å². The minimum atomic E-state index is 0.554. The summed E-state index contributed by atoms with van der Waals surface area (Å²) >= 11 is 0. The predicted molar refractivity (Wildman–Crippen MR) is 77.5 cm³/mol. The molecule has 0 aromatic carbocycles. The summed E-state index contributed by atoms with van der Waals surface area (Å²) in [5.41, 5.74) is 1.64. The van der Waals surface area contributed by atoms with Crippen molar-refractivity contribution in [2.24, 2.45) is 17.8 Å². The van der Waals surface area contributed by atoms with Crippen LogP contribution in [0.5, 0.6) is 0 Å². The lowest BCUT2D eigenvalue weighted by molar-refractivity contribution is 0.0979. The molecule has 0 aromatic heterocycles. The van der Waals surface area contributed by atoms with E-state index in [0.717, 1.165) is 24.4 Å². The van der Waals surface area contributed by atoms with Crippen LogP contribution in [0.2, 0.25) is 0 Å². The van der Waals surface area contributed by atoms with Crippen LogP contribution in [0.4, 0.5) is 0 Å². The second-order valence-electron chi connectivity index (χ2n) is 6.06. The molecule has 0 N–H and O–H groups in total. The molecule has 102 valence electrons. The van der Waals surface area contributed by atoms with Gasteiger partial charge in [0.25, 0.3) is 0 Å². The van der Waals surface area contributed by atoms with Crippen molar-refractivity contribution in [3.63, 3.8) is 0 Å². The summed E-state index contributed by atoms with van der Waals surface area (Å²) in [6, 6.07) is 0. The number of ether oxygens (including phenoxy) is 1. The average molecular weight is 248 g/mol. The van der Waals surface area contributed by atoms with Gasteiger partial charge in [0.2, 0.25) is 0 Å². The van der Waals surface area contributed by atoms with E-state index >= 15 is 0 Å². The Hall–Kier alpha value is -0.560. The van der Waals surface area contributed by atoms with Crippen LogP contribution in [-0.4, -0.2) is 12.7 Å². The quantitative estimate of drug-likeness (QED) is 0.591. The fourth-order valence-electron chi connectivity index (χ4n) is 3.08. The van der Waals surface area contributed by atoms with E-state index in [0.29, 0.717) is 6.10 Å². The predicted octanol–water partition coefficient (Wildman–Crippen LogP) is 4.74. The fraction of sp³-hybridized carbons (Fsp3) is 0.765. The van der Waals surface area contributed by atoms with Crippen molar-refractivity contribution in [2.75, 3.05) is 6.61 Å². The van der Waals surface area contributed by atoms with Gasteiger partial charge >= 0.3 is 0 Å². The number of hydrogen-bond donors (Lipinski definition) is 0. The van der Waals surface area contributed by atoms with E-state index in [-0.39, 0.29) is 0 Å². The van der Waals surface area contributed by atoms with Crippen molar-refractivity contribution in [3.8, 4) is 0 Å². The van der Waals surface area contributed by atoms with Gasteiger partial charge in [-0.15, -0.1) is 0 Å². The molecule has 1 fully saturated rings. The first kappa shape index (κ1) is 13.9. The molecule has 0 amide bonds. The number of hydrogen-bond acceptors (Lipinski definition) is 1. The fourth-order valence-corrected chi connectivity index (χ4v) is 3.08. The first-order valence-electron chi connectivity index (χ1n) is 7.71. The Morgan fingerprint density at radius 2 is 2.28 bits per heavy atom. The molecule has 0 aliphatic heterocycles. The summed E-state index contributed by atoms with van der Waals surface area (Å²) < 4.78 is 5.97. The number of rotatable bonds is 7. The normalized spacial score (nSPS) is 32.2. The summed E-state index contributed by atoms with van der Waals surface area (Å²) in [5, 5.41) is 0. The standard InChI is InChI=1S/C17H28O/c1-4-5-11-18-17-14(3)16(17)12-13(2)15-9-7-6-8-10-15/h6-7,9,13-14,16-17H,4-5,8,10-12H2,1-3H3. The van der Waals surface area contributed by atoms with Gasteiger partial charge in [-0.2, -0.15) is 0 Å². The van der Waals surface area contributed by atoms with Crippen LogP contribution in [0.1, 0.15) is 52.9 Å². The molecule has 0 bridgehead atoms. The molecule has 0 spiro atoms. The van der Waals surface area contributed by atoms with E-state index in [1.165, 1.54) is 32.1 Å². The lowest BCUT2D eigenvalue weighted by atomic mass is 9.89. The summed E-state index contributed by atoms with van der Waals surface area (Å²) in [5.74, 6) is 2.33. The highest BCUT2D eigenvalue weighted by Gasteiger charge is 2.47. The lowest BCUT2D eigenvalue weighted by Crippen LogP contribution is -2.05. The first-order valence-corrected chi connectivity index (χ1v) is 7.71. The van der Waals surface area contributed by atoms with Gasteiger partial charge in [0.1, 0.15) is 0 Å². The van der Waals surface area contributed by atoms with Crippen LogP contribution in [-0.2, 0) is 4.74 Å². The number of allylic oxidation sites excluding steroid dienone is 4. The molecule has 4 unspecified atom stereocenters. The van der Waals surface area contributed by atoms with Gasteiger partial charge < -0.3 is 4.74 Å². The van der Waals surface area contributed by atoms with Crippen molar-refractivity contribution in [1.82, 2.24) is 0 Å². The smallest absolute Gasteiger partial charge is 0.0636 e. The Morgan fingerprint density at radius 3 is 2.94 bits per heavy atom. The van der Waals surface area contributed by atoms with Crippen LogP contribution >= 0.6 is 0 Å². The molecular formula is C17H28O. The highest BCUT2D eigenvalue weighted by Crippen LogP contribution is 2.47. The maximum Gasteiger partial charge on any atom is 0.0636 e. The molecule has 1 heteroatoms. The highest BCUT2D eigenvalue weighted by molar-refractivity contribution is 5.20. The van der Waals surface area contributed by atoms with Crippen molar-refractivity contribution in [1.29, 1.82) is 0 Å². The Morgan fingerprint density at radius 1 is 1.44 bits per heavy atom. The minimum Gasteiger partial charge on any atom is -0.378 e. The Kier molecular flexibility index (Phi) is 5.05. The third kappa shape index (κ3) is 3.47. The largest absolute Gasteiger partial charge is 0.378 e. The topological polar surface area (TPSA) is 9.23 Å². The van der Waals surface area contributed by atoms with Crippen molar-refractivity contribution >= 4 is 0 Å². The summed E-state index contributed by atoms with van der Waals surface area (Å²) in [6.07, 6.45) is 13.6. The molecule has 2 aliphatic rings. The summed E-state index contributed by atoms with van der Waals surface area (Å²) in [7, 11) is 0. The second-order valence-corrected chi connectivity index (χ2v) is 6.06. The Labute approximate surface area is 112 Å². The van der Waals surface area contributed by atoms with E-state index in [2.05, 4.69) is 39.0 Å². The van der Waals surface area contributed by atoms with E-state index in [1.807, 2.05) is 0 Å².